The second-order valence-corrected chi connectivity index (χ2v) is 3.91. The molecule has 0 saturated heterocycles. The summed E-state index contributed by atoms with van der Waals surface area (Å²) in [6.45, 7) is 13.7. The van der Waals surface area contributed by atoms with E-state index < -0.39 is 4.46 Å². The Kier molecular flexibility index (Phi) is 5.89. The highest BCUT2D eigenvalue weighted by Gasteiger charge is 2.28. The number of hydrogen-bond donors (Lipinski definition) is 0. The quantitative estimate of drug-likeness (QED) is 0.281. The topological polar surface area (TPSA) is 8.72 Å². The van der Waals surface area contributed by atoms with Gasteiger partial charge in [-0.2, -0.15) is 0 Å². The van der Waals surface area contributed by atoms with Crippen LogP contribution in [0.3, 0.4) is 0 Å². The Morgan fingerprint density at radius 3 is 2.25 bits per heavy atom. The lowest BCUT2D eigenvalue weighted by atomic mass is 10.2. The van der Waals surface area contributed by atoms with Gasteiger partial charge < -0.3 is 4.85 Å². The summed E-state index contributed by atoms with van der Waals surface area (Å²) in [5, 5.41) is 0. The van der Waals surface area contributed by atoms with Crippen LogP contribution in [0.15, 0.2) is 0 Å². The van der Waals surface area contributed by atoms with Gasteiger partial charge in [0.05, 0.1) is 6.42 Å². The second-order valence-electron chi connectivity index (χ2n) is 2.47. The highest BCUT2D eigenvalue weighted by molar-refractivity contribution is 6.49. The van der Waals surface area contributed by atoms with E-state index in [0.717, 1.165) is 19.3 Å². The van der Waals surface area contributed by atoms with Gasteiger partial charge in [0.2, 0.25) is 6.54 Å². The summed E-state index contributed by atoms with van der Waals surface area (Å²) in [6, 6.07) is 0. The van der Waals surface area contributed by atoms with Crippen molar-refractivity contribution in [2.75, 3.05) is 6.54 Å². The summed E-state index contributed by atoms with van der Waals surface area (Å²) >= 11 is 11.2. The Labute approximate surface area is 83.1 Å². The molecule has 0 radical (unpaired) electrons. The van der Waals surface area contributed by atoms with Crippen LogP contribution >= 0.6 is 23.2 Å². The molecule has 0 heterocycles. The van der Waals surface area contributed by atoms with Crippen LogP contribution in [-0.4, -0.2) is 11.0 Å². The van der Waals surface area contributed by atoms with Crippen molar-refractivity contribution in [1.29, 1.82) is 0 Å². The maximum Gasteiger partial charge on any atom is 0.382 e. The van der Waals surface area contributed by atoms with Crippen molar-refractivity contribution in [2.45, 2.75) is 30.1 Å². The molecule has 0 bridgehead atoms. The Morgan fingerprint density at radius 1 is 1.08 bits per heavy atom. The molecule has 12 heavy (non-hydrogen) atoms. The average Bonchev–Trinajstić information content (AvgIpc) is 2.04. The van der Waals surface area contributed by atoms with Crippen molar-refractivity contribution < 1.29 is 0 Å². The van der Waals surface area contributed by atoms with Crippen molar-refractivity contribution in [3.63, 3.8) is 0 Å². The third kappa shape index (κ3) is 6.28. The fourth-order valence-electron chi connectivity index (χ4n) is 0.761. The number of hydrogen-bond acceptors (Lipinski definition) is 0. The molecular formula is C8H10Cl2N2. The third-order valence-electron chi connectivity index (χ3n) is 1.41. The van der Waals surface area contributed by atoms with Gasteiger partial charge >= 0.3 is 4.46 Å². The zero-order chi connectivity index (χ0) is 9.45. The van der Waals surface area contributed by atoms with E-state index in [-0.39, 0.29) is 0 Å². The summed E-state index contributed by atoms with van der Waals surface area (Å²) in [5.74, 6) is 0. The van der Waals surface area contributed by atoms with Gasteiger partial charge in [-0.3, -0.25) is 4.85 Å². The Hall–Kier alpha value is -0.440. The smallest absolute Gasteiger partial charge is 0.317 e. The Morgan fingerprint density at radius 2 is 1.75 bits per heavy atom. The van der Waals surface area contributed by atoms with Crippen molar-refractivity contribution in [2.24, 2.45) is 0 Å². The van der Waals surface area contributed by atoms with Crippen LogP contribution in [0.2, 0.25) is 0 Å². The Bertz CT molecular complexity index is 200. The lowest BCUT2D eigenvalue weighted by molar-refractivity contribution is 0.650. The molecule has 0 aromatic carbocycles. The van der Waals surface area contributed by atoms with E-state index >= 15 is 0 Å². The number of alkyl halides is 2. The van der Waals surface area contributed by atoms with E-state index in [0.29, 0.717) is 13.0 Å². The molecule has 0 aliphatic carbocycles. The van der Waals surface area contributed by atoms with Crippen LogP contribution in [0.5, 0.6) is 0 Å². The largest absolute Gasteiger partial charge is 0.382 e. The number of unbranched alkanes of at least 4 members (excludes halogenated alkanes) is 2. The van der Waals surface area contributed by atoms with Crippen LogP contribution in [0, 0.1) is 13.1 Å². The molecule has 0 unspecified atom stereocenters. The fourth-order valence-corrected chi connectivity index (χ4v) is 1.03. The van der Waals surface area contributed by atoms with Gasteiger partial charge in [0.25, 0.3) is 0 Å². The molecule has 0 aliphatic heterocycles. The van der Waals surface area contributed by atoms with Crippen molar-refractivity contribution in [1.82, 2.24) is 0 Å². The molecule has 66 valence electrons. The SMILES string of the molecule is [C-]#[N+]CCCCCC(Cl)(Cl)[N+]#[C-]. The van der Waals surface area contributed by atoms with Crippen molar-refractivity contribution >= 4 is 23.2 Å². The molecule has 0 fully saturated rings. The summed E-state index contributed by atoms with van der Waals surface area (Å²) in [4.78, 5) is 6.27. The molecular weight excluding hydrogens is 195 g/mol. The van der Waals surface area contributed by atoms with E-state index in [9.17, 15) is 0 Å². The van der Waals surface area contributed by atoms with Gasteiger partial charge in [-0.05, 0) is 36.0 Å². The van der Waals surface area contributed by atoms with Gasteiger partial charge in [0.15, 0.2) is 0 Å². The Balaban J connectivity index is 3.34. The molecule has 0 saturated carbocycles. The van der Waals surface area contributed by atoms with Gasteiger partial charge in [-0.25, -0.2) is 13.1 Å². The molecule has 0 aromatic rings. The van der Waals surface area contributed by atoms with Gasteiger partial charge in [-0.1, -0.05) is 0 Å². The predicted molar refractivity (Wildman–Crippen MR) is 51.0 cm³/mol. The summed E-state index contributed by atoms with van der Waals surface area (Å²) in [7, 11) is 0. The highest BCUT2D eigenvalue weighted by Crippen LogP contribution is 2.29. The molecule has 0 rings (SSSR count). The maximum atomic E-state index is 6.63. The molecule has 0 aromatic heterocycles. The predicted octanol–water partition coefficient (Wildman–Crippen LogP) is 3.52. The highest BCUT2D eigenvalue weighted by atomic mass is 35.5. The van der Waals surface area contributed by atoms with Gasteiger partial charge in [-0.15, -0.1) is 0 Å². The standard InChI is InChI=1S/C8H10Cl2N2/c1-11-7-5-3-4-6-8(9,10)12-2/h3-7H2. The van der Waals surface area contributed by atoms with Gasteiger partial charge in [0.1, 0.15) is 0 Å². The number of halogens is 2. The molecule has 2 nitrogen and oxygen atoms in total. The lowest BCUT2D eigenvalue weighted by Gasteiger charge is -2.03. The van der Waals surface area contributed by atoms with E-state index in [1.165, 1.54) is 0 Å². The normalized spacial score (nSPS) is 10.3. The lowest BCUT2D eigenvalue weighted by Crippen LogP contribution is -2.05. The molecule has 0 aliphatic rings. The van der Waals surface area contributed by atoms with Crippen LogP contribution < -0.4 is 0 Å². The van der Waals surface area contributed by atoms with Crippen LogP contribution in [-0.2, 0) is 0 Å². The first kappa shape index (κ1) is 11.6. The molecule has 0 spiro atoms. The zero-order valence-electron chi connectivity index (χ0n) is 6.69. The van der Waals surface area contributed by atoms with Crippen molar-refractivity contribution in [3.05, 3.63) is 22.8 Å². The second kappa shape index (κ2) is 6.12. The molecule has 0 N–H and O–H groups in total. The average molecular weight is 205 g/mol. The monoisotopic (exact) mass is 204 g/mol. The molecule has 0 amide bonds. The van der Waals surface area contributed by atoms with Crippen LogP contribution in [0.1, 0.15) is 25.7 Å². The maximum absolute atomic E-state index is 6.63. The number of nitrogens with zero attached hydrogens (tertiary/aromatic N) is 2. The van der Waals surface area contributed by atoms with Crippen LogP contribution in [0.25, 0.3) is 9.69 Å². The third-order valence-corrected chi connectivity index (χ3v) is 1.96. The van der Waals surface area contributed by atoms with Crippen LogP contribution in [0.4, 0.5) is 0 Å². The minimum atomic E-state index is -1.25. The van der Waals surface area contributed by atoms with E-state index in [1.807, 2.05) is 0 Å². The zero-order valence-corrected chi connectivity index (χ0v) is 8.20. The van der Waals surface area contributed by atoms with E-state index in [1.54, 1.807) is 0 Å². The van der Waals surface area contributed by atoms with Gasteiger partial charge in [0, 0.05) is 6.42 Å². The minimum Gasteiger partial charge on any atom is -0.317 e. The first-order chi connectivity index (χ1) is 5.62. The summed E-state index contributed by atoms with van der Waals surface area (Å²) < 4.78 is -1.25. The van der Waals surface area contributed by atoms with E-state index in [4.69, 9.17) is 36.3 Å². The van der Waals surface area contributed by atoms with Crippen molar-refractivity contribution in [3.8, 4) is 0 Å². The fraction of sp³-hybridized carbons (Fsp3) is 0.750. The first-order valence-electron chi connectivity index (χ1n) is 3.72. The molecule has 0 atom stereocenters. The summed E-state index contributed by atoms with van der Waals surface area (Å²) in [5.41, 5.74) is 0. The first-order valence-corrected chi connectivity index (χ1v) is 4.47. The molecule has 4 heteroatoms. The number of rotatable bonds is 5. The van der Waals surface area contributed by atoms with E-state index in [2.05, 4.69) is 9.69 Å². The minimum absolute atomic E-state index is 0.484. The summed E-state index contributed by atoms with van der Waals surface area (Å²) in [6.07, 6.45) is 3.08.